The molecule has 82 valence electrons. The Kier molecular flexibility index (Phi) is 2.90. The predicted molar refractivity (Wildman–Crippen MR) is 52.5 cm³/mol. The maximum atomic E-state index is 12.6. The van der Waals surface area contributed by atoms with E-state index in [4.69, 9.17) is 5.26 Å². The average Bonchev–Trinajstić information content (AvgIpc) is 2.24. The summed E-state index contributed by atoms with van der Waals surface area (Å²) in [4.78, 5) is 13.4. The van der Waals surface area contributed by atoms with Crippen LogP contribution >= 0.6 is 0 Å². The highest BCUT2D eigenvalue weighted by molar-refractivity contribution is 5.79. The molecule has 0 spiro atoms. The number of carbonyl (C=O) groups is 1. The molecule has 0 radical (unpaired) electrons. The van der Waals surface area contributed by atoms with Crippen molar-refractivity contribution in [2.24, 2.45) is 11.8 Å². The highest BCUT2D eigenvalue weighted by atomic mass is 19.1. The lowest BCUT2D eigenvalue weighted by molar-refractivity contribution is -0.144. The van der Waals surface area contributed by atoms with Crippen LogP contribution in [0.4, 0.5) is 4.39 Å². The highest BCUT2D eigenvalue weighted by Gasteiger charge is 2.36. The van der Waals surface area contributed by atoms with Gasteiger partial charge in [0, 0.05) is 11.8 Å². The number of amides is 1. The molecule has 2 rings (SSSR count). The number of halogens is 1. The van der Waals surface area contributed by atoms with Crippen LogP contribution in [0.1, 0.15) is 25.7 Å². The van der Waals surface area contributed by atoms with E-state index in [2.05, 4.69) is 6.07 Å². The molecule has 0 aromatic heterocycles. The van der Waals surface area contributed by atoms with Gasteiger partial charge in [-0.2, -0.15) is 5.26 Å². The van der Waals surface area contributed by atoms with Crippen molar-refractivity contribution in [3.05, 3.63) is 0 Å². The Hall–Kier alpha value is -1.11. The van der Waals surface area contributed by atoms with Gasteiger partial charge in [0.25, 0.3) is 0 Å². The quantitative estimate of drug-likeness (QED) is 0.658. The monoisotopic (exact) mass is 210 g/mol. The fraction of sp³-hybridized carbons (Fsp3) is 0.818. The molecule has 1 amide bonds. The molecular weight excluding hydrogens is 195 g/mol. The van der Waals surface area contributed by atoms with Gasteiger partial charge in [-0.25, -0.2) is 4.39 Å². The SMILES string of the molecule is N#C[C@H]1CCC[C@@H](C(=O)N2CC(F)C2)C1. The molecule has 2 fully saturated rings. The second-order valence-electron chi connectivity index (χ2n) is 4.53. The van der Waals surface area contributed by atoms with Crippen molar-refractivity contribution in [1.82, 2.24) is 4.90 Å². The van der Waals surface area contributed by atoms with Gasteiger partial charge < -0.3 is 4.90 Å². The second kappa shape index (κ2) is 4.18. The lowest BCUT2D eigenvalue weighted by Gasteiger charge is -2.38. The van der Waals surface area contributed by atoms with Gasteiger partial charge in [0.05, 0.1) is 19.2 Å². The van der Waals surface area contributed by atoms with E-state index in [9.17, 15) is 9.18 Å². The first-order valence-electron chi connectivity index (χ1n) is 5.53. The molecule has 2 atom stereocenters. The van der Waals surface area contributed by atoms with E-state index in [0.29, 0.717) is 6.42 Å². The summed E-state index contributed by atoms with van der Waals surface area (Å²) >= 11 is 0. The maximum Gasteiger partial charge on any atom is 0.225 e. The largest absolute Gasteiger partial charge is 0.336 e. The fourth-order valence-corrected chi connectivity index (χ4v) is 2.39. The first-order chi connectivity index (χ1) is 7.20. The van der Waals surface area contributed by atoms with Crippen LogP contribution in [0.2, 0.25) is 0 Å². The molecule has 1 aliphatic heterocycles. The van der Waals surface area contributed by atoms with Crippen LogP contribution < -0.4 is 0 Å². The lowest BCUT2D eigenvalue weighted by atomic mass is 9.81. The Morgan fingerprint density at radius 1 is 1.40 bits per heavy atom. The zero-order valence-corrected chi connectivity index (χ0v) is 8.66. The standard InChI is InChI=1S/C11H15FN2O/c12-10-6-14(7-10)11(15)9-3-1-2-8(4-9)5-13/h8-10H,1-4,6-7H2/t8-,9+/m0/s1. The molecule has 1 aliphatic carbocycles. The van der Waals surface area contributed by atoms with Crippen molar-refractivity contribution >= 4 is 5.91 Å². The topological polar surface area (TPSA) is 44.1 Å². The van der Waals surface area contributed by atoms with Crippen LogP contribution in [0.3, 0.4) is 0 Å². The van der Waals surface area contributed by atoms with Crippen molar-refractivity contribution in [2.45, 2.75) is 31.9 Å². The molecule has 0 aromatic rings. The Morgan fingerprint density at radius 3 is 2.73 bits per heavy atom. The molecule has 1 heterocycles. The predicted octanol–water partition coefficient (Wildman–Crippen LogP) is 1.50. The lowest BCUT2D eigenvalue weighted by Crippen LogP contribution is -2.53. The van der Waals surface area contributed by atoms with Crippen LogP contribution in [0.25, 0.3) is 0 Å². The van der Waals surface area contributed by atoms with Gasteiger partial charge in [-0.1, -0.05) is 6.42 Å². The zero-order chi connectivity index (χ0) is 10.8. The minimum absolute atomic E-state index is 0.0233. The van der Waals surface area contributed by atoms with E-state index in [-0.39, 0.29) is 30.8 Å². The first-order valence-corrected chi connectivity index (χ1v) is 5.53. The second-order valence-corrected chi connectivity index (χ2v) is 4.53. The molecule has 1 saturated carbocycles. The van der Waals surface area contributed by atoms with Crippen LogP contribution in [0, 0.1) is 23.2 Å². The fourth-order valence-electron chi connectivity index (χ4n) is 2.39. The van der Waals surface area contributed by atoms with E-state index >= 15 is 0 Å². The summed E-state index contributed by atoms with van der Waals surface area (Å²) in [5.74, 6) is 0.0508. The summed E-state index contributed by atoms with van der Waals surface area (Å²) in [6.45, 7) is 0.513. The molecule has 0 bridgehead atoms. The third kappa shape index (κ3) is 2.11. The number of alkyl halides is 1. The summed E-state index contributed by atoms with van der Waals surface area (Å²) in [5, 5.41) is 8.81. The van der Waals surface area contributed by atoms with Gasteiger partial charge in [-0.15, -0.1) is 0 Å². The minimum Gasteiger partial charge on any atom is -0.336 e. The number of hydrogen-bond donors (Lipinski definition) is 0. The summed E-state index contributed by atoms with van der Waals surface area (Å²) in [7, 11) is 0. The van der Waals surface area contributed by atoms with Gasteiger partial charge in [-0.3, -0.25) is 4.79 Å². The molecular formula is C11H15FN2O. The Labute approximate surface area is 88.9 Å². The van der Waals surface area contributed by atoms with Gasteiger partial charge in [0.2, 0.25) is 5.91 Å². The molecule has 15 heavy (non-hydrogen) atoms. The van der Waals surface area contributed by atoms with E-state index in [1.54, 1.807) is 4.90 Å². The van der Waals surface area contributed by atoms with Gasteiger partial charge in [0.15, 0.2) is 0 Å². The van der Waals surface area contributed by atoms with Gasteiger partial charge in [0.1, 0.15) is 6.17 Å². The molecule has 0 aromatic carbocycles. The van der Waals surface area contributed by atoms with Crippen LogP contribution in [0.5, 0.6) is 0 Å². The van der Waals surface area contributed by atoms with Crippen molar-refractivity contribution < 1.29 is 9.18 Å². The number of rotatable bonds is 1. The summed E-state index contributed by atoms with van der Waals surface area (Å²) in [6.07, 6.45) is 2.56. The number of hydrogen-bond acceptors (Lipinski definition) is 2. The maximum absolute atomic E-state index is 12.6. The molecule has 0 N–H and O–H groups in total. The van der Waals surface area contributed by atoms with Crippen molar-refractivity contribution in [1.29, 1.82) is 5.26 Å². The van der Waals surface area contributed by atoms with Crippen LogP contribution in [-0.4, -0.2) is 30.1 Å². The number of carbonyl (C=O) groups excluding carboxylic acids is 1. The molecule has 2 aliphatic rings. The van der Waals surface area contributed by atoms with Crippen molar-refractivity contribution in [3.63, 3.8) is 0 Å². The molecule has 3 nitrogen and oxygen atoms in total. The Balaban J connectivity index is 1.88. The van der Waals surface area contributed by atoms with Gasteiger partial charge in [-0.05, 0) is 19.3 Å². The van der Waals surface area contributed by atoms with Gasteiger partial charge >= 0.3 is 0 Å². The number of nitriles is 1. The zero-order valence-electron chi connectivity index (χ0n) is 8.66. The Morgan fingerprint density at radius 2 is 2.13 bits per heavy atom. The van der Waals surface area contributed by atoms with E-state index in [1.165, 1.54) is 0 Å². The number of likely N-dealkylation sites (tertiary alicyclic amines) is 1. The van der Waals surface area contributed by atoms with E-state index in [0.717, 1.165) is 19.3 Å². The minimum atomic E-state index is -0.829. The first kappa shape index (κ1) is 10.4. The highest BCUT2D eigenvalue weighted by Crippen LogP contribution is 2.31. The summed E-state index contributed by atoms with van der Waals surface area (Å²) in [5.41, 5.74) is 0. The third-order valence-corrected chi connectivity index (χ3v) is 3.35. The summed E-state index contributed by atoms with van der Waals surface area (Å²) in [6, 6.07) is 2.23. The van der Waals surface area contributed by atoms with Crippen molar-refractivity contribution in [3.8, 4) is 6.07 Å². The molecule has 1 saturated heterocycles. The molecule has 4 heteroatoms. The van der Waals surface area contributed by atoms with E-state index < -0.39 is 6.17 Å². The Bertz CT molecular complexity index is 293. The van der Waals surface area contributed by atoms with Crippen LogP contribution in [0.15, 0.2) is 0 Å². The number of nitrogens with zero attached hydrogens (tertiary/aromatic N) is 2. The van der Waals surface area contributed by atoms with Crippen molar-refractivity contribution in [2.75, 3.05) is 13.1 Å². The third-order valence-electron chi connectivity index (χ3n) is 3.35. The molecule has 0 unspecified atom stereocenters. The van der Waals surface area contributed by atoms with E-state index in [1.807, 2.05) is 0 Å². The van der Waals surface area contributed by atoms with Crippen LogP contribution in [-0.2, 0) is 4.79 Å². The summed E-state index contributed by atoms with van der Waals surface area (Å²) < 4.78 is 12.6. The normalized spacial score (nSPS) is 31.9. The smallest absolute Gasteiger partial charge is 0.225 e. The average molecular weight is 210 g/mol.